The van der Waals surface area contributed by atoms with Gasteiger partial charge in [0.25, 0.3) is 5.91 Å². The second kappa shape index (κ2) is 19.0. The van der Waals surface area contributed by atoms with Crippen molar-refractivity contribution >= 4 is 24.8 Å². The number of allylic oxidation sites excluding steroid dienone is 1. The predicted molar refractivity (Wildman–Crippen MR) is 158 cm³/mol. The Bertz CT molecular complexity index is 1030. The van der Waals surface area contributed by atoms with E-state index in [1.54, 1.807) is 26.8 Å². The van der Waals surface area contributed by atoms with Gasteiger partial charge in [0.2, 0.25) is 11.8 Å². The fourth-order valence-corrected chi connectivity index (χ4v) is 3.94. The van der Waals surface area contributed by atoms with E-state index in [9.17, 15) is 34.8 Å². The van der Waals surface area contributed by atoms with Crippen molar-refractivity contribution in [2.45, 2.75) is 84.4 Å². The van der Waals surface area contributed by atoms with Crippen molar-refractivity contribution in [3.8, 4) is 6.07 Å². The lowest BCUT2D eigenvalue weighted by Gasteiger charge is -2.27. The summed E-state index contributed by atoms with van der Waals surface area (Å²) in [4.78, 5) is 37.8. The third kappa shape index (κ3) is 14.3. The summed E-state index contributed by atoms with van der Waals surface area (Å²) in [5, 5.41) is 50.6. The van der Waals surface area contributed by atoms with Gasteiger partial charge < -0.3 is 36.4 Å². The van der Waals surface area contributed by atoms with E-state index in [1.165, 1.54) is 0 Å². The van der Waals surface area contributed by atoms with Gasteiger partial charge in [-0.05, 0) is 44.1 Å². The summed E-state index contributed by atoms with van der Waals surface area (Å²) in [6.07, 6.45) is 2.29. The third-order valence-electron chi connectivity index (χ3n) is 6.39. The molecule has 0 bridgehead atoms. The van der Waals surface area contributed by atoms with Gasteiger partial charge in [0.1, 0.15) is 11.6 Å². The first-order valence-electron chi connectivity index (χ1n) is 14.2. The molecule has 0 aliphatic heterocycles. The van der Waals surface area contributed by atoms with Crippen LogP contribution in [0.15, 0.2) is 42.0 Å². The Kier molecular flexibility index (Phi) is 16.6. The standard InChI is InChI=1S/C29H46BN5O6/c1-19(2)15-23(17-31)28(38)32-14-10-9-13-24(33-18-25(21(5)36)34-27(37)20(3)4)29(39)35-26(30(40)41)16-22-11-7-6-8-12-22/h6-8,11-12,15,19-21,24-26,33,36,40-41H,9-10,13-14,16,18H2,1-5H3,(H,32,38)(H,34,37)(H,35,39)/t21-,24?,25+,26+/m1/s1. The highest BCUT2D eigenvalue weighted by Crippen LogP contribution is 2.08. The lowest BCUT2D eigenvalue weighted by molar-refractivity contribution is -0.125. The fourth-order valence-electron chi connectivity index (χ4n) is 3.94. The van der Waals surface area contributed by atoms with Crippen molar-refractivity contribution in [1.82, 2.24) is 21.3 Å². The molecule has 1 aromatic carbocycles. The smallest absolute Gasteiger partial charge is 0.426 e. The van der Waals surface area contributed by atoms with Crippen LogP contribution in [0, 0.1) is 23.2 Å². The van der Waals surface area contributed by atoms with E-state index in [-0.39, 0.29) is 36.3 Å². The van der Waals surface area contributed by atoms with Crippen LogP contribution in [0.3, 0.4) is 0 Å². The van der Waals surface area contributed by atoms with Gasteiger partial charge >= 0.3 is 7.12 Å². The van der Waals surface area contributed by atoms with Crippen LogP contribution in [0.2, 0.25) is 0 Å². The summed E-state index contributed by atoms with van der Waals surface area (Å²) in [5.74, 6) is -2.33. The number of nitrogens with one attached hydrogen (secondary N) is 4. The molecule has 0 fully saturated rings. The van der Waals surface area contributed by atoms with E-state index in [1.807, 2.05) is 50.2 Å². The van der Waals surface area contributed by atoms with Crippen LogP contribution in [0.4, 0.5) is 0 Å². The molecule has 0 saturated heterocycles. The maximum atomic E-state index is 13.3. The molecule has 1 unspecified atom stereocenters. The van der Waals surface area contributed by atoms with E-state index < -0.39 is 43.1 Å². The minimum absolute atomic E-state index is 0.0542. The Balaban J connectivity index is 2.89. The molecule has 0 aromatic heterocycles. The largest absolute Gasteiger partial charge is 0.475 e. The average molecular weight is 572 g/mol. The quantitative estimate of drug-likeness (QED) is 0.0578. The van der Waals surface area contributed by atoms with Crippen LogP contribution in [0.1, 0.15) is 59.4 Å². The normalized spacial score (nSPS) is 14.5. The Hall–Kier alpha value is -3.24. The van der Waals surface area contributed by atoms with Gasteiger partial charge in [-0.25, -0.2) is 0 Å². The molecule has 4 atom stereocenters. The average Bonchev–Trinajstić information content (AvgIpc) is 2.91. The molecular formula is C29H46BN5O6. The molecule has 226 valence electrons. The van der Waals surface area contributed by atoms with Crippen LogP contribution in [-0.2, 0) is 20.8 Å². The molecule has 41 heavy (non-hydrogen) atoms. The van der Waals surface area contributed by atoms with Crippen molar-refractivity contribution in [3.63, 3.8) is 0 Å². The number of aliphatic hydroxyl groups excluding tert-OH is 1. The SMILES string of the molecule is CC(C)C=C(C#N)C(=O)NCCCCC(NC[C@H](NC(=O)C(C)C)[C@@H](C)O)C(=O)N[C@@H](Cc1ccccc1)B(O)O. The highest BCUT2D eigenvalue weighted by molar-refractivity contribution is 6.43. The molecule has 0 aliphatic carbocycles. The molecule has 1 rings (SSSR count). The number of carbonyl (C=O) groups excluding carboxylic acids is 3. The summed E-state index contributed by atoms with van der Waals surface area (Å²) in [6, 6.07) is 9.60. The number of unbranched alkanes of at least 4 members (excludes halogenated alkanes) is 1. The molecule has 0 radical (unpaired) electrons. The van der Waals surface area contributed by atoms with E-state index in [0.29, 0.717) is 25.8 Å². The van der Waals surface area contributed by atoms with Crippen molar-refractivity contribution in [2.24, 2.45) is 11.8 Å². The van der Waals surface area contributed by atoms with E-state index in [0.717, 1.165) is 5.56 Å². The first-order valence-corrected chi connectivity index (χ1v) is 14.2. The summed E-state index contributed by atoms with van der Waals surface area (Å²) >= 11 is 0. The molecule has 3 amide bonds. The zero-order chi connectivity index (χ0) is 30.9. The van der Waals surface area contributed by atoms with E-state index in [4.69, 9.17) is 0 Å². The second-order valence-electron chi connectivity index (χ2n) is 10.9. The second-order valence-corrected chi connectivity index (χ2v) is 10.9. The summed E-state index contributed by atoms with van der Waals surface area (Å²) < 4.78 is 0. The summed E-state index contributed by atoms with van der Waals surface area (Å²) in [7, 11) is -1.79. The van der Waals surface area contributed by atoms with Crippen LogP contribution in [-0.4, -0.2) is 77.2 Å². The van der Waals surface area contributed by atoms with Gasteiger partial charge in [-0.1, -0.05) is 64.1 Å². The number of hydrogen-bond acceptors (Lipinski definition) is 8. The Morgan fingerprint density at radius 2 is 1.66 bits per heavy atom. The number of aliphatic hydroxyl groups is 1. The zero-order valence-electron chi connectivity index (χ0n) is 24.8. The Morgan fingerprint density at radius 3 is 2.20 bits per heavy atom. The van der Waals surface area contributed by atoms with Crippen LogP contribution in [0.25, 0.3) is 0 Å². The van der Waals surface area contributed by atoms with Gasteiger partial charge in [-0.3, -0.25) is 14.4 Å². The minimum atomic E-state index is -1.79. The van der Waals surface area contributed by atoms with Crippen molar-refractivity contribution < 1.29 is 29.5 Å². The number of nitrogens with zero attached hydrogens (tertiary/aromatic N) is 1. The number of amides is 3. The lowest BCUT2D eigenvalue weighted by atomic mass is 9.75. The highest BCUT2D eigenvalue weighted by Gasteiger charge is 2.29. The molecule has 0 saturated carbocycles. The van der Waals surface area contributed by atoms with Gasteiger partial charge in [0.05, 0.1) is 24.1 Å². The van der Waals surface area contributed by atoms with E-state index in [2.05, 4.69) is 21.3 Å². The number of carbonyl (C=O) groups is 3. The first-order chi connectivity index (χ1) is 19.3. The molecule has 0 aliphatic rings. The van der Waals surface area contributed by atoms with Gasteiger partial charge in [-0.2, -0.15) is 5.26 Å². The van der Waals surface area contributed by atoms with Crippen LogP contribution < -0.4 is 21.3 Å². The van der Waals surface area contributed by atoms with E-state index >= 15 is 0 Å². The van der Waals surface area contributed by atoms with Crippen molar-refractivity contribution in [2.75, 3.05) is 13.1 Å². The molecular weight excluding hydrogens is 525 g/mol. The molecule has 7 N–H and O–H groups in total. The predicted octanol–water partition coefficient (Wildman–Crippen LogP) is 0.598. The number of hydrogen-bond donors (Lipinski definition) is 7. The minimum Gasteiger partial charge on any atom is -0.426 e. The molecule has 0 spiro atoms. The summed E-state index contributed by atoms with van der Waals surface area (Å²) in [5.41, 5.74) is 0.874. The molecule has 1 aromatic rings. The Labute approximate surface area is 243 Å². The number of rotatable bonds is 18. The van der Waals surface area contributed by atoms with Gasteiger partial charge in [0.15, 0.2) is 0 Å². The van der Waals surface area contributed by atoms with Gasteiger partial charge in [-0.15, -0.1) is 0 Å². The first kappa shape index (κ1) is 35.8. The fraction of sp³-hybridized carbons (Fsp3) is 0.586. The zero-order valence-corrected chi connectivity index (χ0v) is 24.8. The molecule has 11 nitrogen and oxygen atoms in total. The van der Waals surface area contributed by atoms with Crippen LogP contribution in [0.5, 0.6) is 0 Å². The summed E-state index contributed by atoms with van der Waals surface area (Å²) in [6.45, 7) is 9.17. The van der Waals surface area contributed by atoms with Gasteiger partial charge in [0, 0.05) is 19.0 Å². The maximum Gasteiger partial charge on any atom is 0.475 e. The lowest BCUT2D eigenvalue weighted by Crippen LogP contribution is -2.57. The maximum absolute atomic E-state index is 13.3. The monoisotopic (exact) mass is 571 g/mol. The number of nitriles is 1. The highest BCUT2D eigenvalue weighted by atomic mass is 16.4. The molecule has 0 heterocycles. The topological polar surface area (TPSA) is 184 Å². The third-order valence-corrected chi connectivity index (χ3v) is 6.39. The van der Waals surface area contributed by atoms with Crippen LogP contribution >= 0.6 is 0 Å². The Morgan fingerprint density at radius 1 is 1.00 bits per heavy atom. The van der Waals surface area contributed by atoms with Crippen molar-refractivity contribution in [1.29, 1.82) is 5.26 Å². The number of benzene rings is 1. The molecule has 12 heteroatoms. The van der Waals surface area contributed by atoms with Crippen molar-refractivity contribution in [3.05, 3.63) is 47.5 Å².